The molecule has 1 saturated heterocycles. The van der Waals surface area contributed by atoms with E-state index in [2.05, 4.69) is 4.72 Å². The van der Waals surface area contributed by atoms with Gasteiger partial charge in [0.15, 0.2) is 0 Å². The predicted octanol–water partition coefficient (Wildman–Crippen LogP) is 1.03. The molecule has 1 atom stereocenters. The van der Waals surface area contributed by atoms with Gasteiger partial charge in [0.2, 0.25) is 0 Å². The van der Waals surface area contributed by atoms with Crippen LogP contribution in [0.2, 0.25) is 0 Å². The minimum absolute atomic E-state index is 0.0925. The quantitative estimate of drug-likeness (QED) is 0.887. The molecule has 1 aromatic rings. The molecule has 18 heavy (non-hydrogen) atoms. The second-order valence-electron chi connectivity index (χ2n) is 4.29. The molecule has 1 aliphatic rings. The van der Waals surface area contributed by atoms with E-state index in [1.54, 1.807) is 12.1 Å². The molecule has 0 radical (unpaired) electrons. The number of nitrogens with one attached hydrogen (secondary N) is 1. The number of rotatable bonds is 4. The van der Waals surface area contributed by atoms with Crippen LogP contribution in [0.15, 0.2) is 30.3 Å². The molecule has 1 aromatic carbocycles. The normalized spacial score (nSPS) is 22.4. The summed E-state index contributed by atoms with van der Waals surface area (Å²) in [5.41, 5.74) is 0.799. The third-order valence-corrected chi connectivity index (χ3v) is 4.34. The molecule has 2 rings (SSSR count). The number of hydrogen-bond acceptors (Lipinski definition) is 3. The van der Waals surface area contributed by atoms with Gasteiger partial charge in [-0.25, -0.2) is 4.31 Å². The number of benzene rings is 1. The van der Waals surface area contributed by atoms with Crippen molar-refractivity contribution >= 4 is 16.1 Å². The van der Waals surface area contributed by atoms with Crippen molar-refractivity contribution in [2.75, 3.05) is 0 Å². The van der Waals surface area contributed by atoms with Gasteiger partial charge in [-0.05, 0) is 12.0 Å². The van der Waals surface area contributed by atoms with Crippen LogP contribution >= 0.6 is 0 Å². The standard InChI is InChI=1S/C12H16N2O3S/c1-2-6-11-12(15)14(18(16,17)13-11)9-10-7-4-3-5-8-10/h3-5,7-8,11,13H,2,6,9H2,1H3. The van der Waals surface area contributed by atoms with Crippen molar-refractivity contribution < 1.29 is 13.2 Å². The molecular formula is C12H16N2O3S. The zero-order valence-corrected chi connectivity index (χ0v) is 11.0. The number of hydrogen-bond donors (Lipinski definition) is 1. The minimum Gasteiger partial charge on any atom is -0.272 e. The maximum absolute atomic E-state index is 12.0. The van der Waals surface area contributed by atoms with Crippen LogP contribution < -0.4 is 4.72 Å². The van der Waals surface area contributed by atoms with Crippen LogP contribution in [0.5, 0.6) is 0 Å². The molecule has 0 saturated carbocycles. The van der Waals surface area contributed by atoms with Crippen LogP contribution in [-0.4, -0.2) is 24.7 Å². The molecule has 6 heteroatoms. The second-order valence-corrected chi connectivity index (χ2v) is 5.92. The molecule has 1 aliphatic heterocycles. The summed E-state index contributed by atoms with van der Waals surface area (Å²) in [5, 5.41) is 0. The highest BCUT2D eigenvalue weighted by atomic mass is 32.2. The van der Waals surface area contributed by atoms with Gasteiger partial charge >= 0.3 is 10.2 Å². The van der Waals surface area contributed by atoms with Crippen molar-refractivity contribution in [2.24, 2.45) is 0 Å². The van der Waals surface area contributed by atoms with Crippen molar-refractivity contribution in [2.45, 2.75) is 32.4 Å². The largest absolute Gasteiger partial charge is 0.304 e. The summed E-state index contributed by atoms with van der Waals surface area (Å²) in [4.78, 5) is 12.0. The van der Waals surface area contributed by atoms with Crippen LogP contribution in [0.1, 0.15) is 25.3 Å². The molecule has 1 heterocycles. The molecule has 0 aliphatic carbocycles. The molecule has 1 unspecified atom stereocenters. The summed E-state index contributed by atoms with van der Waals surface area (Å²) >= 11 is 0. The number of amides is 1. The average Bonchev–Trinajstić information content (AvgIpc) is 2.55. The number of carbonyl (C=O) groups excluding carboxylic acids is 1. The summed E-state index contributed by atoms with van der Waals surface area (Å²) < 4.78 is 27.0. The summed E-state index contributed by atoms with van der Waals surface area (Å²) in [6, 6.07) is 8.48. The van der Waals surface area contributed by atoms with Gasteiger partial charge in [-0.15, -0.1) is 0 Å². The Morgan fingerprint density at radius 3 is 2.56 bits per heavy atom. The van der Waals surface area contributed by atoms with Crippen molar-refractivity contribution in [1.29, 1.82) is 0 Å². The van der Waals surface area contributed by atoms with Crippen molar-refractivity contribution in [3.8, 4) is 0 Å². The fraction of sp³-hybridized carbons (Fsp3) is 0.417. The third kappa shape index (κ3) is 2.54. The zero-order chi connectivity index (χ0) is 13.2. The molecule has 5 nitrogen and oxygen atoms in total. The first-order valence-corrected chi connectivity index (χ1v) is 7.36. The van der Waals surface area contributed by atoms with E-state index in [4.69, 9.17) is 0 Å². The Bertz CT molecular complexity index is 528. The first-order valence-electron chi connectivity index (χ1n) is 5.92. The Kier molecular flexibility index (Phi) is 3.68. The lowest BCUT2D eigenvalue weighted by Crippen LogP contribution is -2.31. The van der Waals surface area contributed by atoms with Crippen molar-refractivity contribution in [3.05, 3.63) is 35.9 Å². The van der Waals surface area contributed by atoms with Crippen LogP contribution in [0.25, 0.3) is 0 Å². The van der Waals surface area contributed by atoms with Crippen molar-refractivity contribution in [1.82, 2.24) is 9.03 Å². The summed E-state index contributed by atoms with van der Waals surface area (Å²) in [5.74, 6) is -0.360. The molecule has 0 bridgehead atoms. The van der Waals surface area contributed by atoms with Gasteiger partial charge in [0, 0.05) is 0 Å². The smallest absolute Gasteiger partial charge is 0.272 e. The first-order chi connectivity index (χ1) is 8.54. The molecule has 1 amide bonds. The predicted molar refractivity (Wildman–Crippen MR) is 67.7 cm³/mol. The lowest BCUT2D eigenvalue weighted by molar-refractivity contribution is -0.127. The van der Waals surface area contributed by atoms with Gasteiger partial charge in [0.25, 0.3) is 5.91 Å². The van der Waals surface area contributed by atoms with Gasteiger partial charge in [-0.1, -0.05) is 43.7 Å². The molecule has 0 spiro atoms. The SMILES string of the molecule is CCCC1NS(=O)(=O)N(Cc2ccccc2)C1=O. The highest BCUT2D eigenvalue weighted by Crippen LogP contribution is 2.18. The van der Waals surface area contributed by atoms with Crippen LogP contribution in [-0.2, 0) is 21.5 Å². The fourth-order valence-corrected chi connectivity index (χ4v) is 3.36. The highest BCUT2D eigenvalue weighted by molar-refractivity contribution is 7.88. The van der Waals surface area contributed by atoms with Gasteiger partial charge in [-0.3, -0.25) is 4.79 Å². The third-order valence-electron chi connectivity index (χ3n) is 2.87. The van der Waals surface area contributed by atoms with Gasteiger partial charge in [-0.2, -0.15) is 13.1 Å². The number of carbonyl (C=O) groups is 1. The fourth-order valence-electron chi connectivity index (χ4n) is 1.97. The Balaban J connectivity index is 2.19. The zero-order valence-electron chi connectivity index (χ0n) is 10.2. The lowest BCUT2D eigenvalue weighted by atomic mass is 10.1. The lowest BCUT2D eigenvalue weighted by Gasteiger charge is -2.13. The Morgan fingerprint density at radius 2 is 1.94 bits per heavy atom. The first kappa shape index (κ1) is 13.0. The average molecular weight is 268 g/mol. The summed E-state index contributed by atoms with van der Waals surface area (Å²) in [6.45, 7) is 2.01. The van der Waals surface area contributed by atoms with Crippen LogP contribution in [0, 0.1) is 0 Å². The van der Waals surface area contributed by atoms with E-state index >= 15 is 0 Å². The topological polar surface area (TPSA) is 66.5 Å². The molecular weight excluding hydrogens is 252 g/mol. The van der Waals surface area contributed by atoms with E-state index in [-0.39, 0.29) is 12.5 Å². The van der Waals surface area contributed by atoms with Crippen molar-refractivity contribution in [3.63, 3.8) is 0 Å². The Labute approximate surface area is 107 Å². The molecule has 0 aromatic heterocycles. The van der Waals surface area contributed by atoms with E-state index in [9.17, 15) is 13.2 Å². The summed E-state index contributed by atoms with van der Waals surface area (Å²) in [6.07, 6.45) is 1.29. The van der Waals surface area contributed by atoms with Gasteiger partial charge < -0.3 is 0 Å². The highest BCUT2D eigenvalue weighted by Gasteiger charge is 2.41. The van der Waals surface area contributed by atoms with E-state index in [1.807, 2.05) is 25.1 Å². The molecule has 1 N–H and O–H groups in total. The van der Waals surface area contributed by atoms with Crippen LogP contribution in [0.3, 0.4) is 0 Å². The number of nitrogens with zero attached hydrogens (tertiary/aromatic N) is 1. The van der Waals surface area contributed by atoms with Gasteiger partial charge in [0.1, 0.15) is 6.04 Å². The van der Waals surface area contributed by atoms with E-state index in [0.29, 0.717) is 6.42 Å². The Hall–Kier alpha value is -1.40. The summed E-state index contributed by atoms with van der Waals surface area (Å²) in [7, 11) is -3.67. The van der Waals surface area contributed by atoms with E-state index in [1.165, 1.54) is 0 Å². The molecule has 98 valence electrons. The van der Waals surface area contributed by atoms with E-state index in [0.717, 1.165) is 16.3 Å². The van der Waals surface area contributed by atoms with Crippen LogP contribution in [0.4, 0.5) is 0 Å². The molecule has 1 fully saturated rings. The maximum Gasteiger partial charge on any atom is 0.304 e. The second kappa shape index (κ2) is 5.07. The maximum atomic E-state index is 12.0. The minimum atomic E-state index is -3.67. The monoisotopic (exact) mass is 268 g/mol. The Morgan fingerprint density at radius 1 is 1.28 bits per heavy atom. The van der Waals surface area contributed by atoms with Gasteiger partial charge in [0.05, 0.1) is 6.54 Å². The van der Waals surface area contributed by atoms with E-state index < -0.39 is 16.3 Å².